The van der Waals surface area contributed by atoms with E-state index in [0.29, 0.717) is 18.4 Å². The Balaban J connectivity index is 1.82. The minimum atomic E-state index is -0.989. The Hall–Kier alpha value is -2.21. The van der Waals surface area contributed by atoms with Gasteiger partial charge in [-0.15, -0.1) is 0 Å². The molecule has 0 bridgehead atoms. The largest absolute Gasteiger partial charge is 0.481 e. The maximum absolute atomic E-state index is 14.0. The number of thiophene rings is 1. The maximum Gasteiger partial charge on any atom is 0.305 e. The van der Waals surface area contributed by atoms with Gasteiger partial charge < -0.3 is 10.4 Å². The van der Waals surface area contributed by atoms with E-state index < -0.39 is 23.2 Å². The van der Waals surface area contributed by atoms with Crippen LogP contribution in [0.15, 0.2) is 41.1 Å². The van der Waals surface area contributed by atoms with E-state index in [1.807, 2.05) is 10.8 Å². The van der Waals surface area contributed by atoms with Crippen LogP contribution in [0.3, 0.4) is 0 Å². The van der Waals surface area contributed by atoms with E-state index in [1.165, 1.54) is 17.4 Å². The maximum atomic E-state index is 14.0. The summed E-state index contributed by atoms with van der Waals surface area (Å²) in [5.74, 6) is -1.69. The summed E-state index contributed by atoms with van der Waals surface area (Å²) in [5.41, 5.74) is 0.282. The molecule has 2 N–H and O–H groups in total. The van der Waals surface area contributed by atoms with Gasteiger partial charge in [-0.05, 0) is 41.3 Å². The van der Waals surface area contributed by atoms with Gasteiger partial charge in [-0.25, -0.2) is 4.39 Å². The highest BCUT2D eigenvalue weighted by molar-refractivity contribution is 7.08. The summed E-state index contributed by atoms with van der Waals surface area (Å²) in [5, 5.41) is 15.5. The molecule has 0 spiro atoms. The summed E-state index contributed by atoms with van der Waals surface area (Å²) in [6.45, 7) is 0. The lowest BCUT2D eigenvalue weighted by atomic mass is 9.93. The first kappa shape index (κ1) is 15.7. The molecule has 1 fully saturated rings. The number of halogens is 1. The molecule has 6 heteroatoms. The Bertz CT molecular complexity index is 725. The number of carboxylic acids is 1. The number of carboxylic acid groups (broad SMARTS) is 1. The van der Waals surface area contributed by atoms with Crippen molar-refractivity contribution in [3.63, 3.8) is 0 Å². The van der Waals surface area contributed by atoms with E-state index in [-0.39, 0.29) is 12.3 Å². The normalized spacial score (nSPS) is 16.6. The van der Waals surface area contributed by atoms with Crippen molar-refractivity contribution in [1.29, 1.82) is 0 Å². The second kappa shape index (κ2) is 6.12. The molecule has 1 heterocycles. The minimum absolute atomic E-state index is 0.199. The number of benzene rings is 1. The first-order valence-electron chi connectivity index (χ1n) is 7.33. The molecule has 0 saturated heterocycles. The molecule has 0 radical (unpaired) electrons. The highest BCUT2D eigenvalue weighted by atomic mass is 32.1. The molecule has 1 aromatic carbocycles. The molecule has 1 atom stereocenters. The summed E-state index contributed by atoms with van der Waals surface area (Å²) in [6.07, 6.45) is 0.947. The van der Waals surface area contributed by atoms with Crippen molar-refractivity contribution in [3.8, 4) is 0 Å². The van der Waals surface area contributed by atoms with Crippen LogP contribution in [0.1, 0.15) is 36.4 Å². The zero-order valence-electron chi connectivity index (χ0n) is 12.3. The van der Waals surface area contributed by atoms with Crippen LogP contribution in [-0.4, -0.2) is 17.0 Å². The Kier molecular flexibility index (Phi) is 4.17. The van der Waals surface area contributed by atoms with Crippen LogP contribution >= 0.6 is 11.3 Å². The minimum Gasteiger partial charge on any atom is -0.481 e. The Morgan fingerprint density at radius 2 is 2.04 bits per heavy atom. The summed E-state index contributed by atoms with van der Waals surface area (Å²) < 4.78 is 14.0. The van der Waals surface area contributed by atoms with Gasteiger partial charge in [0.2, 0.25) is 5.91 Å². The average Bonchev–Trinajstić information content (AvgIpc) is 3.13. The summed E-state index contributed by atoms with van der Waals surface area (Å²) >= 11 is 1.44. The summed E-state index contributed by atoms with van der Waals surface area (Å²) in [4.78, 5) is 23.8. The Labute approximate surface area is 137 Å². The van der Waals surface area contributed by atoms with Crippen molar-refractivity contribution >= 4 is 23.2 Å². The van der Waals surface area contributed by atoms with Crippen LogP contribution in [0, 0.1) is 5.82 Å². The molecule has 1 amide bonds. The van der Waals surface area contributed by atoms with E-state index in [9.17, 15) is 14.0 Å². The molecule has 2 aromatic rings. The summed E-state index contributed by atoms with van der Waals surface area (Å²) in [6, 6.07) is 7.46. The highest BCUT2D eigenvalue weighted by Crippen LogP contribution is 2.49. The highest BCUT2D eigenvalue weighted by Gasteiger charge is 2.53. The van der Waals surface area contributed by atoms with E-state index >= 15 is 0 Å². The quantitative estimate of drug-likeness (QED) is 0.853. The standard InChI is InChI=1S/C17H16FNO3S/c18-13-4-2-1-3-12(13)17(6-7-17)16(22)19-14(9-15(20)21)11-5-8-23-10-11/h1-5,8,10,14H,6-7,9H2,(H,19,22)(H,20,21). The first-order chi connectivity index (χ1) is 11.0. The predicted octanol–water partition coefficient (Wildman–Crippen LogP) is 3.25. The van der Waals surface area contributed by atoms with Crippen molar-refractivity contribution in [2.24, 2.45) is 0 Å². The van der Waals surface area contributed by atoms with Crippen molar-refractivity contribution in [3.05, 3.63) is 58.0 Å². The molecule has 23 heavy (non-hydrogen) atoms. The van der Waals surface area contributed by atoms with Gasteiger partial charge in [-0.1, -0.05) is 18.2 Å². The van der Waals surface area contributed by atoms with Gasteiger partial charge in [0.1, 0.15) is 5.82 Å². The van der Waals surface area contributed by atoms with Gasteiger partial charge in [0, 0.05) is 5.56 Å². The number of aliphatic carboxylic acids is 1. The monoisotopic (exact) mass is 333 g/mol. The van der Waals surface area contributed by atoms with Gasteiger partial charge in [-0.2, -0.15) is 11.3 Å². The lowest BCUT2D eigenvalue weighted by Gasteiger charge is -2.21. The molecular weight excluding hydrogens is 317 g/mol. The molecular formula is C17H16FNO3S. The fourth-order valence-electron chi connectivity index (χ4n) is 2.79. The van der Waals surface area contributed by atoms with Gasteiger partial charge in [0.15, 0.2) is 0 Å². The number of carbonyl (C=O) groups excluding carboxylic acids is 1. The van der Waals surface area contributed by atoms with Crippen LogP contribution in [0.25, 0.3) is 0 Å². The smallest absolute Gasteiger partial charge is 0.305 e. The van der Waals surface area contributed by atoms with Crippen LogP contribution in [0.2, 0.25) is 0 Å². The fraction of sp³-hybridized carbons (Fsp3) is 0.294. The number of hydrogen-bond acceptors (Lipinski definition) is 3. The number of nitrogens with one attached hydrogen (secondary N) is 1. The number of hydrogen-bond donors (Lipinski definition) is 2. The molecule has 3 rings (SSSR count). The van der Waals surface area contributed by atoms with E-state index in [1.54, 1.807) is 24.3 Å². The van der Waals surface area contributed by atoms with Gasteiger partial charge in [0.25, 0.3) is 0 Å². The second-order valence-electron chi connectivity index (χ2n) is 5.74. The van der Waals surface area contributed by atoms with Crippen molar-refractivity contribution in [2.45, 2.75) is 30.7 Å². The molecule has 1 aliphatic rings. The van der Waals surface area contributed by atoms with Crippen LogP contribution in [0.5, 0.6) is 0 Å². The SMILES string of the molecule is O=C(O)CC(NC(=O)C1(c2ccccc2F)CC1)c1ccsc1. The van der Waals surface area contributed by atoms with E-state index in [4.69, 9.17) is 5.11 Å². The Morgan fingerprint density at radius 1 is 1.30 bits per heavy atom. The molecule has 4 nitrogen and oxygen atoms in total. The molecule has 1 unspecified atom stereocenters. The number of amides is 1. The predicted molar refractivity (Wildman–Crippen MR) is 84.8 cm³/mol. The Morgan fingerprint density at radius 3 is 2.61 bits per heavy atom. The number of rotatable bonds is 6. The van der Waals surface area contributed by atoms with E-state index in [0.717, 1.165) is 5.56 Å². The van der Waals surface area contributed by atoms with Crippen LogP contribution < -0.4 is 5.32 Å². The lowest BCUT2D eigenvalue weighted by Crippen LogP contribution is -2.38. The van der Waals surface area contributed by atoms with Crippen molar-refractivity contribution in [1.82, 2.24) is 5.32 Å². The topological polar surface area (TPSA) is 66.4 Å². The third-order valence-electron chi connectivity index (χ3n) is 4.20. The zero-order valence-corrected chi connectivity index (χ0v) is 13.1. The third kappa shape index (κ3) is 3.12. The van der Waals surface area contributed by atoms with Gasteiger partial charge >= 0.3 is 5.97 Å². The van der Waals surface area contributed by atoms with E-state index in [2.05, 4.69) is 5.32 Å². The first-order valence-corrected chi connectivity index (χ1v) is 8.27. The lowest BCUT2D eigenvalue weighted by molar-refractivity contribution is -0.137. The molecule has 120 valence electrons. The van der Waals surface area contributed by atoms with Crippen molar-refractivity contribution < 1.29 is 19.1 Å². The second-order valence-corrected chi connectivity index (χ2v) is 6.52. The molecule has 1 saturated carbocycles. The van der Waals surface area contributed by atoms with Crippen molar-refractivity contribution in [2.75, 3.05) is 0 Å². The third-order valence-corrected chi connectivity index (χ3v) is 4.91. The number of carbonyl (C=O) groups is 2. The zero-order chi connectivity index (χ0) is 16.4. The van der Waals surface area contributed by atoms with Crippen LogP contribution in [-0.2, 0) is 15.0 Å². The van der Waals surface area contributed by atoms with Gasteiger partial charge in [-0.3, -0.25) is 9.59 Å². The molecule has 1 aromatic heterocycles. The summed E-state index contributed by atoms with van der Waals surface area (Å²) in [7, 11) is 0. The van der Waals surface area contributed by atoms with Gasteiger partial charge in [0.05, 0.1) is 17.9 Å². The average molecular weight is 333 g/mol. The fourth-order valence-corrected chi connectivity index (χ4v) is 3.50. The van der Waals surface area contributed by atoms with Crippen LogP contribution in [0.4, 0.5) is 4.39 Å². The molecule has 1 aliphatic carbocycles. The molecule has 0 aliphatic heterocycles.